The van der Waals surface area contributed by atoms with Gasteiger partial charge in [-0.3, -0.25) is 10.1 Å². The Kier molecular flexibility index (Phi) is 5.35. The van der Waals surface area contributed by atoms with Gasteiger partial charge in [0.05, 0.1) is 4.90 Å². The molecule has 0 radical (unpaired) electrons. The first-order valence-corrected chi connectivity index (χ1v) is 8.98. The Balaban J connectivity index is 1.90. The van der Waals surface area contributed by atoms with Crippen molar-refractivity contribution in [1.29, 1.82) is 0 Å². The molecule has 0 aliphatic heterocycles. The fourth-order valence-corrected chi connectivity index (χ4v) is 2.52. The average Bonchev–Trinajstić information content (AvgIpc) is 2.54. The minimum absolute atomic E-state index is 0.122. The summed E-state index contributed by atoms with van der Waals surface area (Å²) in [5.74, 6) is -0.422. The maximum atomic E-state index is 12.0. The normalized spacial score (nSPS) is 10.9. The molecule has 24 heavy (non-hydrogen) atoms. The van der Waals surface area contributed by atoms with Crippen LogP contribution in [0.3, 0.4) is 0 Å². The topological polar surface area (TPSA) is 89.5 Å². The first-order chi connectivity index (χ1) is 11.3. The van der Waals surface area contributed by atoms with Crippen molar-refractivity contribution in [2.45, 2.75) is 11.8 Å². The number of aryl methyl sites for hydroxylation is 1. The Morgan fingerprint density at radius 2 is 1.58 bits per heavy atom. The molecule has 0 fully saturated rings. The number of carbonyl (C=O) groups is 2. The quantitative estimate of drug-likeness (QED) is 0.840. The van der Waals surface area contributed by atoms with Crippen LogP contribution in [0.25, 0.3) is 0 Å². The van der Waals surface area contributed by atoms with Gasteiger partial charge in [0.15, 0.2) is 22.2 Å². The van der Waals surface area contributed by atoms with Crippen LogP contribution in [0.1, 0.15) is 15.9 Å². The highest BCUT2D eigenvalue weighted by Crippen LogP contribution is 2.12. The number of carbonyl (C=O) groups excluding carboxylic acids is 2. The molecule has 0 saturated carbocycles. The predicted octanol–water partition coefficient (Wildman–Crippen LogP) is 2.83. The zero-order valence-corrected chi connectivity index (χ0v) is 14.1. The molecule has 7 heteroatoms. The first kappa shape index (κ1) is 17.7. The van der Waals surface area contributed by atoms with Crippen LogP contribution in [0.2, 0.25) is 0 Å². The molecule has 0 bridgehead atoms. The summed E-state index contributed by atoms with van der Waals surface area (Å²) in [7, 11) is -3.32. The summed E-state index contributed by atoms with van der Waals surface area (Å²) in [6.45, 7) is 1.49. The third kappa shape index (κ3) is 4.92. The predicted molar refractivity (Wildman–Crippen MR) is 90.0 cm³/mol. The van der Waals surface area contributed by atoms with E-state index in [9.17, 15) is 18.0 Å². The minimum Gasteiger partial charge on any atom is -0.441 e. The van der Waals surface area contributed by atoms with Crippen LogP contribution in [0.5, 0.6) is 0 Å². The van der Waals surface area contributed by atoms with Crippen molar-refractivity contribution in [2.24, 2.45) is 0 Å². The molecular weight excluding hydrogens is 330 g/mol. The summed E-state index contributed by atoms with van der Waals surface area (Å²) >= 11 is 0. The van der Waals surface area contributed by atoms with E-state index in [2.05, 4.69) is 5.32 Å². The molecule has 1 N–H and O–H groups in total. The van der Waals surface area contributed by atoms with Gasteiger partial charge in [0, 0.05) is 17.5 Å². The Hall–Kier alpha value is -2.67. The molecule has 2 aromatic rings. The lowest BCUT2D eigenvalue weighted by molar-refractivity contribution is 0.0863. The van der Waals surface area contributed by atoms with Gasteiger partial charge in [-0.25, -0.2) is 13.2 Å². The van der Waals surface area contributed by atoms with Crippen molar-refractivity contribution in [1.82, 2.24) is 0 Å². The molecule has 0 saturated heterocycles. The van der Waals surface area contributed by atoms with E-state index in [4.69, 9.17) is 4.74 Å². The van der Waals surface area contributed by atoms with Gasteiger partial charge in [0.2, 0.25) is 0 Å². The van der Waals surface area contributed by atoms with Crippen LogP contribution in [-0.4, -0.2) is 33.2 Å². The van der Waals surface area contributed by atoms with Gasteiger partial charge in [-0.15, -0.1) is 0 Å². The number of ether oxygens (including phenoxy) is 1. The lowest BCUT2D eigenvalue weighted by Gasteiger charge is -2.07. The Morgan fingerprint density at radius 3 is 2.12 bits per heavy atom. The number of hydrogen-bond acceptors (Lipinski definition) is 5. The molecular formula is C17H17NO5S. The fourth-order valence-electron chi connectivity index (χ4n) is 1.89. The summed E-state index contributed by atoms with van der Waals surface area (Å²) in [6.07, 6.45) is 0.350. The van der Waals surface area contributed by atoms with Gasteiger partial charge in [-0.2, -0.15) is 0 Å². The summed E-state index contributed by atoms with van der Waals surface area (Å²) in [4.78, 5) is 23.7. The number of hydrogen-bond donors (Lipinski definition) is 1. The van der Waals surface area contributed by atoms with Gasteiger partial charge in [0.1, 0.15) is 0 Å². The van der Waals surface area contributed by atoms with E-state index in [1.165, 1.54) is 24.3 Å². The number of ketones is 1. The number of nitrogens with one attached hydrogen (secondary N) is 1. The number of rotatable bonds is 5. The maximum Gasteiger partial charge on any atom is 0.412 e. The van der Waals surface area contributed by atoms with Crippen LogP contribution < -0.4 is 5.32 Å². The van der Waals surface area contributed by atoms with Crippen LogP contribution >= 0.6 is 0 Å². The van der Waals surface area contributed by atoms with E-state index < -0.39 is 28.3 Å². The third-order valence-electron chi connectivity index (χ3n) is 3.24. The molecule has 6 nitrogen and oxygen atoms in total. The maximum absolute atomic E-state index is 12.0. The van der Waals surface area contributed by atoms with Crippen molar-refractivity contribution in [3.05, 3.63) is 59.7 Å². The van der Waals surface area contributed by atoms with E-state index in [-0.39, 0.29) is 10.5 Å². The van der Waals surface area contributed by atoms with Gasteiger partial charge in [0.25, 0.3) is 0 Å². The summed E-state index contributed by atoms with van der Waals surface area (Å²) in [5.41, 5.74) is 1.89. The molecule has 2 rings (SSSR count). The number of Topliss-reactive ketones (excluding diaryl/α,β-unsaturated/α-hetero) is 1. The van der Waals surface area contributed by atoms with Gasteiger partial charge in [-0.05, 0) is 43.3 Å². The van der Waals surface area contributed by atoms with Gasteiger partial charge >= 0.3 is 6.09 Å². The minimum atomic E-state index is -3.32. The molecule has 0 aliphatic rings. The van der Waals surface area contributed by atoms with Crippen molar-refractivity contribution < 1.29 is 22.7 Å². The van der Waals surface area contributed by atoms with Crippen molar-refractivity contribution >= 4 is 27.4 Å². The zero-order valence-electron chi connectivity index (χ0n) is 13.3. The van der Waals surface area contributed by atoms with E-state index in [1.807, 2.05) is 19.1 Å². The monoisotopic (exact) mass is 347 g/mol. The smallest absolute Gasteiger partial charge is 0.412 e. The Labute approximate surface area is 140 Å². The Morgan fingerprint density at radius 1 is 1.00 bits per heavy atom. The summed E-state index contributed by atoms with van der Waals surface area (Å²) in [6, 6.07) is 12.6. The van der Waals surface area contributed by atoms with E-state index >= 15 is 0 Å². The van der Waals surface area contributed by atoms with E-state index in [0.29, 0.717) is 5.69 Å². The second-order valence-electron chi connectivity index (χ2n) is 5.29. The van der Waals surface area contributed by atoms with Gasteiger partial charge < -0.3 is 4.74 Å². The lowest BCUT2D eigenvalue weighted by Crippen LogP contribution is -2.19. The number of anilines is 1. The van der Waals surface area contributed by atoms with E-state index in [1.54, 1.807) is 12.1 Å². The van der Waals surface area contributed by atoms with Crippen LogP contribution in [0, 0.1) is 6.92 Å². The molecule has 0 aliphatic carbocycles. The van der Waals surface area contributed by atoms with Crippen LogP contribution in [-0.2, 0) is 14.6 Å². The fraction of sp³-hybridized carbons (Fsp3) is 0.176. The van der Waals surface area contributed by atoms with Crippen LogP contribution in [0.15, 0.2) is 53.4 Å². The molecule has 2 aromatic carbocycles. The van der Waals surface area contributed by atoms with Crippen molar-refractivity contribution in [2.75, 3.05) is 18.2 Å². The molecule has 0 spiro atoms. The second kappa shape index (κ2) is 7.27. The average molecular weight is 347 g/mol. The molecule has 0 unspecified atom stereocenters. The molecule has 0 atom stereocenters. The third-order valence-corrected chi connectivity index (χ3v) is 4.37. The van der Waals surface area contributed by atoms with Crippen molar-refractivity contribution in [3.8, 4) is 0 Å². The summed E-state index contributed by atoms with van der Waals surface area (Å²) < 4.78 is 27.6. The van der Waals surface area contributed by atoms with Crippen LogP contribution in [0.4, 0.5) is 10.5 Å². The number of sulfone groups is 1. The highest BCUT2D eigenvalue weighted by Gasteiger charge is 2.12. The zero-order chi connectivity index (χ0) is 17.7. The number of benzene rings is 2. The molecule has 1 amide bonds. The largest absolute Gasteiger partial charge is 0.441 e. The number of amides is 1. The molecule has 0 aromatic heterocycles. The van der Waals surface area contributed by atoms with Gasteiger partial charge in [-0.1, -0.05) is 17.7 Å². The first-order valence-electron chi connectivity index (χ1n) is 7.09. The second-order valence-corrected chi connectivity index (χ2v) is 7.30. The van der Waals surface area contributed by atoms with Crippen molar-refractivity contribution in [3.63, 3.8) is 0 Å². The standard InChI is InChI=1S/C17H17NO5S/c1-12-3-7-14(8-4-12)18-17(20)23-11-16(19)13-5-9-15(10-6-13)24(2,21)22/h3-10H,11H2,1-2H3,(H,18,20). The van der Waals surface area contributed by atoms with E-state index in [0.717, 1.165) is 11.8 Å². The lowest BCUT2D eigenvalue weighted by atomic mass is 10.1. The molecule has 126 valence electrons. The SMILES string of the molecule is Cc1ccc(NC(=O)OCC(=O)c2ccc(S(C)(=O)=O)cc2)cc1. The highest BCUT2D eigenvalue weighted by molar-refractivity contribution is 7.90. The highest BCUT2D eigenvalue weighted by atomic mass is 32.2. The Bertz CT molecular complexity index is 840. The molecule has 0 heterocycles. The summed E-state index contributed by atoms with van der Waals surface area (Å²) in [5, 5.41) is 2.51.